The Morgan fingerprint density at radius 3 is 2.37 bits per heavy atom. The van der Waals surface area contributed by atoms with Crippen LogP contribution in [-0.4, -0.2) is 25.9 Å². The van der Waals surface area contributed by atoms with E-state index in [1.54, 1.807) is 11.6 Å². The first-order chi connectivity index (χ1) is 16.2. The maximum absolute atomic E-state index is 11.4. The van der Waals surface area contributed by atoms with Crippen molar-refractivity contribution in [3.8, 4) is 5.69 Å². The lowest BCUT2D eigenvalue weighted by Gasteiger charge is -2.09. The second-order valence-electron chi connectivity index (χ2n) is 7.56. The number of amides is 1. The third kappa shape index (κ3) is 5.60. The molecule has 0 saturated carbocycles. The minimum atomic E-state index is -0.587. The fourth-order valence-corrected chi connectivity index (χ4v) is 3.72. The van der Waals surface area contributed by atoms with Crippen LogP contribution in [0.3, 0.4) is 0 Å². The van der Waals surface area contributed by atoms with Crippen LogP contribution in [0.1, 0.15) is 11.1 Å². The molecule has 7 nitrogen and oxygen atoms in total. The maximum atomic E-state index is 11.4. The predicted octanol–water partition coefficient (Wildman–Crippen LogP) is 5.55. The zero-order valence-electron chi connectivity index (χ0n) is 18.5. The molecule has 9 heteroatoms. The van der Waals surface area contributed by atoms with Gasteiger partial charge in [-0.15, -0.1) is 24.8 Å². The lowest BCUT2D eigenvalue weighted by molar-refractivity contribution is -0.124. The minimum absolute atomic E-state index is 0. The minimum Gasteiger partial charge on any atom is -0.364 e. The van der Waals surface area contributed by atoms with Crippen molar-refractivity contribution >= 4 is 64.4 Å². The average Bonchev–Trinajstić information content (AvgIpc) is 3.33. The molecule has 3 aromatic carbocycles. The third-order valence-corrected chi connectivity index (χ3v) is 5.34. The van der Waals surface area contributed by atoms with Gasteiger partial charge in [-0.3, -0.25) is 10.0 Å². The van der Waals surface area contributed by atoms with Crippen LogP contribution in [0.25, 0.3) is 33.6 Å². The fourth-order valence-electron chi connectivity index (χ4n) is 3.72. The van der Waals surface area contributed by atoms with Crippen molar-refractivity contribution in [1.82, 2.24) is 20.2 Å². The lowest BCUT2D eigenvalue weighted by Crippen LogP contribution is -2.14. The van der Waals surface area contributed by atoms with Gasteiger partial charge < -0.3 is 5.32 Å². The monoisotopic (exact) mass is 507 g/mol. The summed E-state index contributed by atoms with van der Waals surface area (Å²) in [5.74, 6) is 0.120. The molecule has 1 amide bonds. The number of benzene rings is 3. The zero-order chi connectivity index (χ0) is 22.6. The quantitative estimate of drug-likeness (QED) is 0.159. The van der Waals surface area contributed by atoms with Gasteiger partial charge in [-0.2, -0.15) is 5.10 Å². The summed E-state index contributed by atoms with van der Waals surface area (Å²) in [6, 6.07) is 25.8. The molecule has 0 aliphatic rings. The molecule has 5 aromatic rings. The topological polar surface area (TPSA) is 92.1 Å². The molecule has 0 radical (unpaired) electrons. The number of carbonyl (C=O) groups excluding carboxylic acids is 1. The molecule has 0 aliphatic carbocycles. The Bertz CT molecular complexity index is 1470. The van der Waals surface area contributed by atoms with Gasteiger partial charge in [-0.25, -0.2) is 15.1 Å². The van der Waals surface area contributed by atoms with Crippen LogP contribution in [-0.2, 0) is 11.3 Å². The molecule has 0 aliphatic heterocycles. The number of nitrogens with zero attached hydrogens (tertiary/aromatic N) is 3. The first kappa shape index (κ1) is 25.7. The number of hydroxylamine groups is 1. The Balaban J connectivity index is 0.00000171. The van der Waals surface area contributed by atoms with E-state index in [1.165, 1.54) is 6.08 Å². The Morgan fingerprint density at radius 1 is 0.943 bits per heavy atom. The molecule has 0 saturated heterocycles. The summed E-state index contributed by atoms with van der Waals surface area (Å²) in [5, 5.41) is 18.9. The van der Waals surface area contributed by atoms with Crippen LogP contribution in [0.5, 0.6) is 0 Å². The molecular formula is C26H23Cl2N5O2. The SMILES string of the molecule is Cl.Cl.O=C(/C=C/c1ccc2nc(NCc3ccccc3)c3nn(-c4ccccc4)cc3c2c1)NO. The summed E-state index contributed by atoms with van der Waals surface area (Å²) < 4.78 is 1.85. The summed E-state index contributed by atoms with van der Waals surface area (Å²) >= 11 is 0. The molecule has 0 atom stereocenters. The van der Waals surface area contributed by atoms with E-state index < -0.39 is 5.91 Å². The van der Waals surface area contributed by atoms with Gasteiger partial charge in [0.15, 0.2) is 5.82 Å². The smallest absolute Gasteiger partial charge is 0.267 e. The van der Waals surface area contributed by atoms with Gasteiger partial charge in [0.25, 0.3) is 5.91 Å². The number of para-hydroxylation sites is 1. The molecule has 3 N–H and O–H groups in total. The van der Waals surface area contributed by atoms with Crippen LogP contribution in [0.2, 0.25) is 0 Å². The number of pyridine rings is 1. The number of anilines is 1. The van der Waals surface area contributed by atoms with Crippen molar-refractivity contribution in [1.29, 1.82) is 0 Å². The molecule has 2 aromatic heterocycles. The second kappa shape index (κ2) is 11.5. The second-order valence-corrected chi connectivity index (χ2v) is 7.56. The number of rotatable bonds is 6. The van der Waals surface area contributed by atoms with Crippen molar-refractivity contribution in [2.75, 3.05) is 5.32 Å². The molecule has 178 valence electrons. The highest BCUT2D eigenvalue weighted by Crippen LogP contribution is 2.30. The molecule has 0 bridgehead atoms. The van der Waals surface area contributed by atoms with E-state index in [0.717, 1.165) is 38.6 Å². The highest BCUT2D eigenvalue weighted by Gasteiger charge is 2.14. The van der Waals surface area contributed by atoms with E-state index in [1.807, 2.05) is 77.6 Å². The molecule has 2 heterocycles. The number of hydrogen-bond donors (Lipinski definition) is 3. The number of aromatic nitrogens is 3. The van der Waals surface area contributed by atoms with E-state index in [-0.39, 0.29) is 24.8 Å². The molecule has 0 spiro atoms. The standard InChI is InChI=1S/C26H21N5O2.2ClH/c32-24(30-33)14-12-18-11-13-23-21(15-18)22-17-31(20-9-5-2-6-10-20)29-25(22)26(28-23)27-16-19-7-3-1-4-8-19;;/h1-15,17,33H,16H2,(H,27,28)(H,30,32);2*1H/b14-12+;;. The Morgan fingerprint density at radius 2 is 1.66 bits per heavy atom. The summed E-state index contributed by atoms with van der Waals surface area (Å²) in [4.78, 5) is 16.2. The van der Waals surface area contributed by atoms with E-state index in [0.29, 0.717) is 12.4 Å². The number of nitrogens with one attached hydrogen (secondary N) is 2. The van der Waals surface area contributed by atoms with Gasteiger partial charge in [0, 0.05) is 29.6 Å². The molecule has 35 heavy (non-hydrogen) atoms. The van der Waals surface area contributed by atoms with E-state index in [2.05, 4.69) is 17.4 Å². The van der Waals surface area contributed by atoms with Crippen LogP contribution < -0.4 is 10.8 Å². The van der Waals surface area contributed by atoms with Crippen molar-refractivity contribution in [2.45, 2.75) is 6.54 Å². The third-order valence-electron chi connectivity index (χ3n) is 5.34. The van der Waals surface area contributed by atoms with Crippen LogP contribution in [0, 0.1) is 0 Å². The zero-order valence-corrected chi connectivity index (χ0v) is 20.1. The van der Waals surface area contributed by atoms with Crippen LogP contribution in [0.4, 0.5) is 5.82 Å². The predicted molar refractivity (Wildman–Crippen MR) is 144 cm³/mol. The van der Waals surface area contributed by atoms with Crippen molar-refractivity contribution in [3.63, 3.8) is 0 Å². The van der Waals surface area contributed by atoms with Gasteiger partial charge >= 0.3 is 0 Å². The fraction of sp³-hybridized carbons (Fsp3) is 0.0385. The summed E-state index contributed by atoms with van der Waals surface area (Å²) in [5.41, 5.74) is 6.09. The largest absolute Gasteiger partial charge is 0.364 e. The first-order valence-corrected chi connectivity index (χ1v) is 10.5. The van der Waals surface area contributed by atoms with Crippen LogP contribution >= 0.6 is 24.8 Å². The number of hydrogen-bond acceptors (Lipinski definition) is 5. The van der Waals surface area contributed by atoms with Gasteiger partial charge in [0.1, 0.15) is 5.52 Å². The van der Waals surface area contributed by atoms with Crippen molar-refractivity contribution in [2.24, 2.45) is 0 Å². The van der Waals surface area contributed by atoms with Gasteiger partial charge in [0.2, 0.25) is 0 Å². The molecular weight excluding hydrogens is 485 g/mol. The maximum Gasteiger partial charge on any atom is 0.267 e. The van der Waals surface area contributed by atoms with Gasteiger partial charge in [0.05, 0.1) is 11.2 Å². The van der Waals surface area contributed by atoms with E-state index >= 15 is 0 Å². The van der Waals surface area contributed by atoms with Gasteiger partial charge in [-0.1, -0.05) is 54.6 Å². The Kier molecular flexibility index (Phi) is 8.43. The van der Waals surface area contributed by atoms with Crippen molar-refractivity contribution < 1.29 is 10.0 Å². The lowest BCUT2D eigenvalue weighted by atomic mass is 10.1. The summed E-state index contributed by atoms with van der Waals surface area (Å²) in [6.45, 7) is 0.629. The molecule has 0 unspecified atom stereocenters. The summed E-state index contributed by atoms with van der Waals surface area (Å²) in [7, 11) is 0. The first-order valence-electron chi connectivity index (χ1n) is 10.5. The van der Waals surface area contributed by atoms with E-state index in [9.17, 15) is 4.79 Å². The highest BCUT2D eigenvalue weighted by molar-refractivity contribution is 6.09. The molecule has 5 rings (SSSR count). The average molecular weight is 508 g/mol. The number of fused-ring (bicyclic) bond motifs is 3. The van der Waals surface area contributed by atoms with Crippen molar-refractivity contribution in [3.05, 3.63) is 102 Å². The number of carbonyl (C=O) groups is 1. The van der Waals surface area contributed by atoms with Gasteiger partial charge in [-0.05, 0) is 41.5 Å². The Labute approximate surface area is 214 Å². The highest BCUT2D eigenvalue weighted by atomic mass is 35.5. The van der Waals surface area contributed by atoms with E-state index in [4.69, 9.17) is 15.3 Å². The summed E-state index contributed by atoms with van der Waals surface area (Å²) in [6.07, 6.45) is 4.91. The Hall–Kier alpha value is -3.91. The molecule has 0 fully saturated rings. The normalized spacial score (nSPS) is 10.7. The van der Waals surface area contributed by atoms with Crippen LogP contribution in [0.15, 0.2) is 91.1 Å². The number of halogens is 2.